The highest BCUT2D eigenvalue weighted by Crippen LogP contribution is 2.03. The summed E-state index contributed by atoms with van der Waals surface area (Å²) in [5.74, 6) is 0.542. The Hall–Kier alpha value is -2.02. The Morgan fingerprint density at radius 3 is 3.20 bits per heavy atom. The second kappa shape index (κ2) is 6.95. The van der Waals surface area contributed by atoms with Crippen LogP contribution in [0.2, 0.25) is 0 Å². The van der Waals surface area contributed by atoms with Gasteiger partial charge in [0.05, 0.1) is 25.5 Å². The minimum Gasteiger partial charge on any atom is -0.459 e. The lowest BCUT2D eigenvalue weighted by Gasteiger charge is -2.31. The van der Waals surface area contributed by atoms with Crippen molar-refractivity contribution in [3.63, 3.8) is 0 Å². The van der Waals surface area contributed by atoms with Gasteiger partial charge in [-0.3, -0.25) is 9.79 Å². The second-order valence-corrected chi connectivity index (χ2v) is 4.60. The number of carbonyl (C=O) groups is 1. The summed E-state index contributed by atoms with van der Waals surface area (Å²) in [6.45, 7) is 5.01. The number of guanidine groups is 1. The molecule has 1 aliphatic heterocycles. The molecule has 1 atom stereocenters. The molecular weight excluding hydrogens is 260 g/mol. The van der Waals surface area contributed by atoms with Gasteiger partial charge >= 0.3 is 0 Å². The summed E-state index contributed by atoms with van der Waals surface area (Å²) in [5, 5.41) is 2.71. The molecule has 0 aliphatic carbocycles. The Kier molecular flexibility index (Phi) is 5.00. The van der Waals surface area contributed by atoms with Crippen LogP contribution in [-0.2, 0) is 4.74 Å². The first-order valence-electron chi connectivity index (χ1n) is 6.65. The third kappa shape index (κ3) is 3.99. The molecule has 1 unspecified atom stereocenters. The number of rotatable bonds is 4. The van der Waals surface area contributed by atoms with Crippen molar-refractivity contribution in [2.24, 2.45) is 10.7 Å². The van der Waals surface area contributed by atoms with Gasteiger partial charge in [0.2, 0.25) is 0 Å². The lowest BCUT2D eigenvalue weighted by atomic mass is 10.3. The predicted octanol–water partition coefficient (Wildman–Crippen LogP) is 0.0448. The monoisotopic (exact) mass is 280 g/mol. The van der Waals surface area contributed by atoms with Crippen molar-refractivity contribution in [3.05, 3.63) is 24.2 Å². The number of hydrogen-bond acceptors (Lipinski definition) is 4. The summed E-state index contributed by atoms with van der Waals surface area (Å²) in [6, 6.07) is 3.28. The van der Waals surface area contributed by atoms with Crippen LogP contribution in [0.1, 0.15) is 17.5 Å². The molecule has 20 heavy (non-hydrogen) atoms. The quantitative estimate of drug-likeness (QED) is 0.461. The zero-order valence-corrected chi connectivity index (χ0v) is 11.5. The smallest absolute Gasteiger partial charge is 0.287 e. The average molecular weight is 280 g/mol. The van der Waals surface area contributed by atoms with E-state index in [1.165, 1.54) is 6.26 Å². The number of aliphatic imine (C=N–C) groups is 1. The number of furan rings is 1. The largest absolute Gasteiger partial charge is 0.459 e. The molecule has 1 amide bonds. The van der Waals surface area contributed by atoms with Crippen molar-refractivity contribution in [2.75, 3.05) is 32.8 Å². The number of nitrogens with zero attached hydrogens (tertiary/aromatic N) is 2. The van der Waals surface area contributed by atoms with Gasteiger partial charge in [-0.25, -0.2) is 0 Å². The molecule has 2 heterocycles. The summed E-state index contributed by atoms with van der Waals surface area (Å²) in [6.07, 6.45) is 1.63. The molecule has 1 aliphatic rings. The number of hydrogen-bond donors (Lipinski definition) is 2. The maximum atomic E-state index is 11.6. The van der Waals surface area contributed by atoms with Crippen molar-refractivity contribution < 1.29 is 13.9 Å². The Balaban J connectivity index is 1.71. The summed E-state index contributed by atoms with van der Waals surface area (Å²) >= 11 is 0. The average Bonchev–Trinajstić information content (AvgIpc) is 2.97. The highest BCUT2D eigenvalue weighted by atomic mass is 16.5. The highest BCUT2D eigenvalue weighted by Gasteiger charge is 2.17. The van der Waals surface area contributed by atoms with Gasteiger partial charge in [-0.05, 0) is 19.1 Å². The van der Waals surface area contributed by atoms with Crippen LogP contribution in [0.5, 0.6) is 0 Å². The number of nitrogens with two attached hydrogens (primary N) is 1. The summed E-state index contributed by atoms with van der Waals surface area (Å²) in [7, 11) is 0. The SMILES string of the molecule is CC1CN(C(N)=NCCNC(=O)c2ccco2)CCO1. The van der Waals surface area contributed by atoms with E-state index in [0.29, 0.717) is 31.4 Å². The minimum atomic E-state index is -0.247. The van der Waals surface area contributed by atoms with Crippen LogP contribution in [0.3, 0.4) is 0 Å². The van der Waals surface area contributed by atoms with Crippen molar-refractivity contribution in [1.29, 1.82) is 0 Å². The lowest BCUT2D eigenvalue weighted by molar-refractivity contribution is 0.00530. The van der Waals surface area contributed by atoms with Crippen LogP contribution in [0.4, 0.5) is 0 Å². The Morgan fingerprint density at radius 2 is 2.50 bits per heavy atom. The van der Waals surface area contributed by atoms with Gasteiger partial charge in [-0.15, -0.1) is 0 Å². The molecule has 110 valence electrons. The zero-order valence-electron chi connectivity index (χ0n) is 11.5. The number of ether oxygens (including phenoxy) is 1. The van der Waals surface area contributed by atoms with Gasteiger partial charge in [0, 0.05) is 19.6 Å². The Bertz CT molecular complexity index is 458. The number of amides is 1. The molecule has 0 saturated carbocycles. The fourth-order valence-electron chi connectivity index (χ4n) is 1.96. The Morgan fingerprint density at radius 1 is 1.65 bits per heavy atom. The van der Waals surface area contributed by atoms with Gasteiger partial charge in [0.1, 0.15) is 0 Å². The summed E-state index contributed by atoms with van der Waals surface area (Å²) < 4.78 is 10.4. The molecular formula is C13H20N4O3. The first-order chi connectivity index (χ1) is 9.66. The van der Waals surface area contributed by atoms with Crippen LogP contribution in [0.15, 0.2) is 27.8 Å². The lowest BCUT2D eigenvalue weighted by Crippen LogP contribution is -2.48. The van der Waals surface area contributed by atoms with E-state index in [4.69, 9.17) is 14.9 Å². The maximum absolute atomic E-state index is 11.6. The van der Waals surface area contributed by atoms with Crippen molar-refractivity contribution in [2.45, 2.75) is 13.0 Å². The van der Waals surface area contributed by atoms with Gasteiger partial charge in [0.15, 0.2) is 11.7 Å². The summed E-state index contributed by atoms with van der Waals surface area (Å²) in [5.41, 5.74) is 5.91. The first kappa shape index (κ1) is 14.4. The van der Waals surface area contributed by atoms with E-state index in [9.17, 15) is 4.79 Å². The zero-order chi connectivity index (χ0) is 14.4. The normalized spacial score (nSPS) is 19.9. The molecule has 7 nitrogen and oxygen atoms in total. The molecule has 1 aromatic heterocycles. The molecule has 0 spiro atoms. The van der Waals surface area contributed by atoms with Crippen LogP contribution in [-0.4, -0.2) is 55.7 Å². The fourth-order valence-corrected chi connectivity index (χ4v) is 1.96. The van der Waals surface area contributed by atoms with Crippen molar-refractivity contribution in [3.8, 4) is 0 Å². The number of nitrogens with one attached hydrogen (secondary N) is 1. The molecule has 1 aromatic rings. The van der Waals surface area contributed by atoms with E-state index < -0.39 is 0 Å². The third-order valence-electron chi connectivity index (χ3n) is 2.98. The van der Waals surface area contributed by atoms with Crippen LogP contribution in [0.25, 0.3) is 0 Å². The molecule has 2 rings (SSSR count). The van der Waals surface area contributed by atoms with Crippen molar-refractivity contribution in [1.82, 2.24) is 10.2 Å². The second-order valence-electron chi connectivity index (χ2n) is 4.60. The van der Waals surface area contributed by atoms with Gasteiger partial charge in [0.25, 0.3) is 5.91 Å². The van der Waals surface area contributed by atoms with Gasteiger partial charge in [-0.2, -0.15) is 0 Å². The fraction of sp³-hybridized carbons (Fsp3) is 0.538. The van der Waals surface area contributed by atoms with E-state index in [1.54, 1.807) is 12.1 Å². The van der Waals surface area contributed by atoms with E-state index in [-0.39, 0.29) is 12.0 Å². The first-order valence-corrected chi connectivity index (χ1v) is 6.65. The predicted molar refractivity (Wildman–Crippen MR) is 74.5 cm³/mol. The molecule has 1 saturated heterocycles. The van der Waals surface area contributed by atoms with E-state index in [1.807, 2.05) is 11.8 Å². The van der Waals surface area contributed by atoms with E-state index in [2.05, 4.69) is 10.3 Å². The molecule has 0 aromatic carbocycles. The minimum absolute atomic E-state index is 0.163. The summed E-state index contributed by atoms with van der Waals surface area (Å²) in [4.78, 5) is 17.8. The van der Waals surface area contributed by atoms with Crippen LogP contribution >= 0.6 is 0 Å². The molecule has 3 N–H and O–H groups in total. The van der Waals surface area contributed by atoms with Crippen molar-refractivity contribution >= 4 is 11.9 Å². The molecule has 1 fully saturated rings. The van der Waals surface area contributed by atoms with Crippen LogP contribution < -0.4 is 11.1 Å². The molecule has 0 radical (unpaired) electrons. The molecule has 0 bridgehead atoms. The van der Waals surface area contributed by atoms with Gasteiger partial charge < -0.3 is 25.1 Å². The topological polar surface area (TPSA) is 93.1 Å². The molecule has 7 heteroatoms. The number of morpholine rings is 1. The van der Waals surface area contributed by atoms with Gasteiger partial charge in [-0.1, -0.05) is 0 Å². The maximum Gasteiger partial charge on any atom is 0.287 e. The third-order valence-corrected chi connectivity index (χ3v) is 2.98. The van der Waals surface area contributed by atoms with E-state index >= 15 is 0 Å². The number of carbonyl (C=O) groups excluding carboxylic acids is 1. The standard InChI is InChI=1S/C13H20N4O3/c1-10-9-17(6-8-19-10)13(14)16-5-4-15-12(18)11-3-2-7-20-11/h2-3,7,10H,4-6,8-9H2,1H3,(H2,14,16)(H,15,18). The van der Waals surface area contributed by atoms with E-state index in [0.717, 1.165) is 13.1 Å². The Labute approximate surface area is 117 Å². The van der Waals surface area contributed by atoms with Crippen LogP contribution in [0, 0.1) is 0 Å². The highest BCUT2D eigenvalue weighted by molar-refractivity contribution is 5.91.